The second-order valence-electron chi connectivity index (χ2n) is 4.94. The van der Waals surface area contributed by atoms with E-state index in [2.05, 4.69) is 44.6 Å². The molecule has 1 heterocycles. The molecule has 1 aliphatic carbocycles. The Morgan fingerprint density at radius 3 is 2.94 bits per heavy atom. The van der Waals surface area contributed by atoms with Gasteiger partial charge >= 0.3 is 0 Å². The van der Waals surface area contributed by atoms with E-state index in [0.29, 0.717) is 6.04 Å². The molecule has 0 saturated heterocycles. The third-order valence-corrected chi connectivity index (χ3v) is 4.91. The van der Waals surface area contributed by atoms with E-state index < -0.39 is 0 Å². The van der Waals surface area contributed by atoms with Crippen LogP contribution in [0, 0.1) is 0 Å². The molecule has 1 fully saturated rings. The summed E-state index contributed by atoms with van der Waals surface area (Å²) in [6.45, 7) is 2.78. The number of methoxy groups -OCH3 is 1. The van der Waals surface area contributed by atoms with Gasteiger partial charge in [-0.05, 0) is 41.9 Å². The highest BCUT2D eigenvalue weighted by atomic mass is 79.9. The number of hydrogen-bond donors (Lipinski definition) is 1. The number of hydrogen-bond acceptors (Lipinski definition) is 4. The Balaban J connectivity index is 1.83. The highest BCUT2D eigenvalue weighted by Gasteiger charge is 2.23. The maximum atomic E-state index is 5.33. The topological polar surface area (TPSA) is 24.5 Å². The van der Waals surface area contributed by atoms with E-state index in [4.69, 9.17) is 4.74 Å². The lowest BCUT2D eigenvalue weighted by molar-refractivity contribution is 0.102. The molecule has 102 valence electrons. The molecule has 5 heteroatoms. The Hall–Kier alpha value is 0.0600. The number of ether oxygens (including phenoxy) is 1. The summed E-state index contributed by atoms with van der Waals surface area (Å²) >= 11 is 5.30. The van der Waals surface area contributed by atoms with Crippen LogP contribution in [0.1, 0.15) is 17.7 Å². The lowest BCUT2D eigenvalue weighted by atomic mass is 10.2. The van der Waals surface area contributed by atoms with Crippen molar-refractivity contribution < 1.29 is 4.74 Å². The Labute approximate surface area is 122 Å². The van der Waals surface area contributed by atoms with Crippen LogP contribution in [-0.2, 0) is 11.3 Å². The fourth-order valence-corrected chi connectivity index (χ4v) is 3.45. The van der Waals surface area contributed by atoms with Gasteiger partial charge in [-0.25, -0.2) is 0 Å². The van der Waals surface area contributed by atoms with Gasteiger partial charge in [0.1, 0.15) is 0 Å². The summed E-state index contributed by atoms with van der Waals surface area (Å²) in [4.78, 5) is 3.76. The Bertz CT molecular complexity index is 368. The summed E-state index contributed by atoms with van der Waals surface area (Å²) in [5.41, 5.74) is 0. The molecule has 0 amide bonds. The lowest BCUT2D eigenvalue weighted by Gasteiger charge is -2.27. The van der Waals surface area contributed by atoms with E-state index in [0.717, 1.165) is 25.7 Å². The van der Waals surface area contributed by atoms with E-state index in [1.807, 2.05) is 0 Å². The highest BCUT2D eigenvalue weighted by Crippen LogP contribution is 2.22. The summed E-state index contributed by atoms with van der Waals surface area (Å²) < 4.78 is 6.51. The molecule has 18 heavy (non-hydrogen) atoms. The maximum Gasteiger partial charge on any atom is 0.0630 e. The average Bonchev–Trinajstić information content (AvgIpc) is 3.08. The van der Waals surface area contributed by atoms with Gasteiger partial charge in [-0.15, -0.1) is 11.3 Å². The molecule has 1 aromatic rings. The Morgan fingerprint density at radius 1 is 1.61 bits per heavy atom. The molecule has 1 aromatic heterocycles. The minimum atomic E-state index is 0.441. The quantitative estimate of drug-likeness (QED) is 0.792. The first-order valence-corrected chi connectivity index (χ1v) is 8.01. The zero-order valence-corrected chi connectivity index (χ0v) is 13.4. The second-order valence-corrected chi connectivity index (χ2v) is 6.85. The van der Waals surface area contributed by atoms with Crippen molar-refractivity contribution in [2.45, 2.75) is 31.5 Å². The van der Waals surface area contributed by atoms with Gasteiger partial charge < -0.3 is 10.1 Å². The van der Waals surface area contributed by atoms with Gasteiger partial charge in [-0.1, -0.05) is 0 Å². The number of halogens is 1. The normalized spacial score (nSPS) is 17.3. The number of nitrogens with zero attached hydrogens (tertiary/aromatic N) is 1. The molecule has 3 nitrogen and oxygen atoms in total. The van der Waals surface area contributed by atoms with Crippen molar-refractivity contribution in [2.75, 3.05) is 27.3 Å². The molecule has 1 aliphatic rings. The third kappa shape index (κ3) is 4.63. The molecular formula is C13H21BrN2OS. The summed E-state index contributed by atoms with van der Waals surface area (Å²) in [6.07, 6.45) is 2.67. The van der Waals surface area contributed by atoms with E-state index in [1.165, 1.54) is 22.2 Å². The van der Waals surface area contributed by atoms with Gasteiger partial charge in [-0.3, -0.25) is 4.90 Å². The van der Waals surface area contributed by atoms with E-state index in [1.54, 1.807) is 18.4 Å². The summed E-state index contributed by atoms with van der Waals surface area (Å²) in [6, 6.07) is 3.39. The van der Waals surface area contributed by atoms with Crippen molar-refractivity contribution >= 4 is 27.3 Å². The van der Waals surface area contributed by atoms with Crippen molar-refractivity contribution in [1.82, 2.24) is 10.2 Å². The van der Waals surface area contributed by atoms with Crippen molar-refractivity contribution in [1.29, 1.82) is 0 Å². The number of likely N-dealkylation sites (N-methyl/N-ethyl adjacent to an activating group) is 1. The van der Waals surface area contributed by atoms with Crippen LogP contribution in [0.3, 0.4) is 0 Å². The fourth-order valence-electron chi connectivity index (χ4n) is 1.94. The predicted octanol–water partition coefficient (Wildman–Crippen LogP) is 2.71. The molecule has 2 rings (SSSR count). The molecule has 1 N–H and O–H groups in total. The van der Waals surface area contributed by atoms with Gasteiger partial charge in [0, 0.05) is 47.0 Å². The van der Waals surface area contributed by atoms with Crippen LogP contribution in [0.2, 0.25) is 0 Å². The third-order valence-electron chi connectivity index (χ3n) is 3.23. The van der Waals surface area contributed by atoms with Crippen molar-refractivity contribution in [3.63, 3.8) is 0 Å². The molecule has 1 atom stereocenters. The van der Waals surface area contributed by atoms with Crippen LogP contribution in [0.25, 0.3) is 0 Å². The van der Waals surface area contributed by atoms with Gasteiger partial charge in [0.15, 0.2) is 0 Å². The minimum absolute atomic E-state index is 0.441. The number of nitrogens with one attached hydrogen (secondary N) is 1. The molecule has 1 unspecified atom stereocenters. The van der Waals surface area contributed by atoms with Crippen LogP contribution < -0.4 is 5.32 Å². The maximum absolute atomic E-state index is 5.33. The van der Waals surface area contributed by atoms with Crippen molar-refractivity contribution in [2.24, 2.45) is 0 Å². The van der Waals surface area contributed by atoms with Crippen LogP contribution in [0.4, 0.5) is 0 Å². The summed E-state index contributed by atoms with van der Waals surface area (Å²) in [7, 11) is 3.95. The highest BCUT2D eigenvalue weighted by molar-refractivity contribution is 9.10. The van der Waals surface area contributed by atoms with Crippen molar-refractivity contribution in [3.8, 4) is 0 Å². The molecule has 0 radical (unpaired) electrons. The lowest BCUT2D eigenvalue weighted by Crippen LogP contribution is -2.43. The second kappa shape index (κ2) is 7.01. The first-order chi connectivity index (χ1) is 8.69. The Kier molecular flexibility index (Phi) is 5.63. The Morgan fingerprint density at radius 2 is 2.39 bits per heavy atom. The smallest absolute Gasteiger partial charge is 0.0630 e. The van der Waals surface area contributed by atoms with E-state index in [-0.39, 0.29) is 0 Å². The fraction of sp³-hybridized carbons (Fsp3) is 0.692. The molecule has 0 bridgehead atoms. The SMILES string of the molecule is COCC(CNC1CC1)N(C)Cc1cc(Br)cs1. The number of rotatable bonds is 8. The molecule has 0 aliphatic heterocycles. The molecular weight excluding hydrogens is 312 g/mol. The van der Waals surface area contributed by atoms with Gasteiger partial charge in [0.25, 0.3) is 0 Å². The average molecular weight is 333 g/mol. The summed E-state index contributed by atoms with van der Waals surface area (Å²) in [5.74, 6) is 0. The number of thiophene rings is 1. The summed E-state index contributed by atoms with van der Waals surface area (Å²) in [5, 5.41) is 5.72. The molecule has 1 saturated carbocycles. The minimum Gasteiger partial charge on any atom is -0.383 e. The molecule has 0 spiro atoms. The van der Waals surface area contributed by atoms with E-state index in [9.17, 15) is 0 Å². The van der Waals surface area contributed by atoms with Gasteiger partial charge in [-0.2, -0.15) is 0 Å². The van der Waals surface area contributed by atoms with Crippen molar-refractivity contribution in [3.05, 3.63) is 20.8 Å². The monoisotopic (exact) mass is 332 g/mol. The van der Waals surface area contributed by atoms with Crippen LogP contribution in [-0.4, -0.2) is 44.3 Å². The van der Waals surface area contributed by atoms with Crippen LogP contribution >= 0.6 is 27.3 Å². The van der Waals surface area contributed by atoms with Gasteiger partial charge in [0.2, 0.25) is 0 Å². The largest absolute Gasteiger partial charge is 0.383 e. The standard InChI is InChI=1S/C13H21BrN2OS/c1-16(7-13-5-10(14)9-18-13)12(8-17-2)6-15-11-3-4-11/h5,9,11-12,15H,3-4,6-8H2,1-2H3. The van der Waals surface area contributed by atoms with Gasteiger partial charge in [0.05, 0.1) is 6.61 Å². The first kappa shape index (κ1) is 14.5. The predicted molar refractivity (Wildman–Crippen MR) is 80.2 cm³/mol. The van der Waals surface area contributed by atoms with Crippen LogP contribution in [0.5, 0.6) is 0 Å². The molecule has 0 aromatic carbocycles. The first-order valence-electron chi connectivity index (χ1n) is 6.34. The zero-order chi connectivity index (χ0) is 13.0. The zero-order valence-electron chi connectivity index (χ0n) is 11.0. The van der Waals surface area contributed by atoms with E-state index >= 15 is 0 Å². The van der Waals surface area contributed by atoms with Crippen LogP contribution in [0.15, 0.2) is 15.9 Å².